The lowest BCUT2D eigenvalue weighted by Crippen LogP contribution is -2.58. The average molecular weight is 463 g/mol. The topological polar surface area (TPSA) is 66.4 Å². The minimum Gasteiger partial charge on any atom is -0.486 e. The fourth-order valence-electron chi connectivity index (χ4n) is 5.50. The number of alkyl halides is 1. The first-order valence-electron chi connectivity index (χ1n) is 11.9. The number of carbonyl (C=O) groups is 1. The Kier molecular flexibility index (Phi) is 6.03. The lowest BCUT2D eigenvalue weighted by Gasteiger charge is -2.46. The summed E-state index contributed by atoms with van der Waals surface area (Å²) in [7, 11) is 1.46. The summed E-state index contributed by atoms with van der Waals surface area (Å²) in [6.45, 7) is 5.16. The number of ether oxygens (including phenoxy) is 1. The van der Waals surface area contributed by atoms with E-state index in [1.54, 1.807) is 11.0 Å². The zero-order valence-electron chi connectivity index (χ0n) is 19.1. The number of rotatable bonds is 4. The molecule has 4 heterocycles. The van der Waals surface area contributed by atoms with Gasteiger partial charge in [-0.15, -0.1) is 0 Å². The van der Waals surface area contributed by atoms with Crippen LogP contribution in [0.3, 0.4) is 0 Å². The molecule has 0 aliphatic carbocycles. The van der Waals surface area contributed by atoms with Crippen LogP contribution in [0.25, 0.3) is 0 Å². The van der Waals surface area contributed by atoms with Crippen LogP contribution >= 0.6 is 0 Å². The molecule has 0 aromatic heterocycles. The van der Waals surface area contributed by atoms with Gasteiger partial charge in [0.1, 0.15) is 24.3 Å². The first-order chi connectivity index (χ1) is 15.9. The van der Waals surface area contributed by atoms with E-state index in [0.29, 0.717) is 68.4 Å². The van der Waals surface area contributed by atoms with E-state index in [1.165, 1.54) is 19.2 Å². The van der Waals surface area contributed by atoms with Crippen LogP contribution in [0.4, 0.5) is 8.78 Å². The van der Waals surface area contributed by atoms with Gasteiger partial charge in [-0.3, -0.25) is 4.79 Å². The number of hydrogen-bond donors (Lipinski definition) is 1. The summed E-state index contributed by atoms with van der Waals surface area (Å²) in [6, 6.07) is 4.37. The van der Waals surface area contributed by atoms with Gasteiger partial charge in [0.2, 0.25) is 0 Å². The second-order valence-electron chi connectivity index (χ2n) is 9.91. The second-order valence-corrected chi connectivity index (χ2v) is 9.91. The number of amides is 1. The standard InChI is InChI=1S/C24H32F2N4O3/c1-32-28-20-13-23(33-21-3-2-18(25)12-19(20)21)4-10-30(11-5-23)22(31)24(26)6-8-29(9-7-24)16-17-14-27-15-17/h2-3,12,17,27H,4-11,13-16H2,1H3. The maximum Gasteiger partial charge on any atom is 0.260 e. The highest BCUT2D eigenvalue weighted by Crippen LogP contribution is 2.41. The molecule has 1 aromatic rings. The molecule has 9 heteroatoms. The summed E-state index contributed by atoms with van der Waals surface area (Å²) in [5.74, 6) is 0.469. The van der Waals surface area contributed by atoms with Gasteiger partial charge < -0.3 is 24.7 Å². The Hall–Kier alpha value is -2.26. The van der Waals surface area contributed by atoms with Gasteiger partial charge in [-0.25, -0.2) is 8.78 Å². The average Bonchev–Trinajstić information content (AvgIpc) is 2.78. The Morgan fingerprint density at radius 1 is 1.21 bits per heavy atom. The predicted molar refractivity (Wildman–Crippen MR) is 120 cm³/mol. The highest BCUT2D eigenvalue weighted by molar-refractivity contribution is 6.04. The number of halogens is 2. The summed E-state index contributed by atoms with van der Waals surface area (Å²) in [6.07, 6.45) is 2.11. The smallest absolute Gasteiger partial charge is 0.260 e. The monoisotopic (exact) mass is 462 g/mol. The molecule has 1 amide bonds. The Balaban J connectivity index is 1.21. The first kappa shape index (κ1) is 22.5. The summed E-state index contributed by atoms with van der Waals surface area (Å²) in [5, 5.41) is 7.38. The molecule has 0 saturated carbocycles. The minimum atomic E-state index is -1.78. The molecule has 1 spiro atoms. The number of piperidine rings is 2. The maximum atomic E-state index is 15.7. The van der Waals surface area contributed by atoms with Crippen molar-refractivity contribution in [3.8, 4) is 5.75 Å². The molecule has 0 bridgehead atoms. The number of benzene rings is 1. The molecule has 33 heavy (non-hydrogen) atoms. The van der Waals surface area contributed by atoms with Gasteiger partial charge in [-0.05, 0) is 24.1 Å². The molecule has 0 unspecified atom stereocenters. The van der Waals surface area contributed by atoms with Crippen molar-refractivity contribution >= 4 is 11.6 Å². The molecule has 1 N–H and O–H groups in total. The Labute approximate surface area is 193 Å². The van der Waals surface area contributed by atoms with Crippen molar-refractivity contribution in [2.24, 2.45) is 11.1 Å². The van der Waals surface area contributed by atoms with Gasteiger partial charge in [0.25, 0.3) is 5.91 Å². The fraction of sp³-hybridized carbons (Fsp3) is 0.667. The van der Waals surface area contributed by atoms with E-state index in [4.69, 9.17) is 9.57 Å². The van der Waals surface area contributed by atoms with E-state index in [-0.39, 0.29) is 24.6 Å². The minimum absolute atomic E-state index is 0.258. The van der Waals surface area contributed by atoms with Gasteiger partial charge in [0.15, 0.2) is 5.67 Å². The van der Waals surface area contributed by atoms with Crippen molar-refractivity contribution in [1.29, 1.82) is 0 Å². The summed E-state index contributed by atoms with van der Waals surface area (Å²) in [4.78, 5) is 22.1. The third-order valence-corrected chi connectivity index (χ3v) is 7.65. The van der Waals surface area contributed by atoms with Gasteiger partial charge in [0, 0.05) is 83.5 Å². The van der Waals surface area contributed by atoms with E-state index in [9.17, 15) is 9.18 Å². The van der Waals surface area contributed by atoms with Crippen molar-refractivity contribution in [2.75, 3.05) is 52.9 Å². The van der Waals surface area contributed by atoms with E-state index >= 15 is 4.39 Å². The maximum absolute atomic E-state index is 15.7. The Morgan fingerprint density at radius 2 is 1.94 bits per heavy atom. The van der Waals surface area contributed by atoms with Crippen LogP contribution in [0.2, 0.25) is 0 Å². The zero-order chi connectivity index (χ0) is 23.1. The lowest BCUT2D eigenvalue weighted by atomic mass is 9.81. The summed E-state index contributed by atoms with van der Waals surface area (Å²) in [5.41, 5.74) is -1.11. The van der Waals surface area contributed by atoms with Gasteiger partial charge in [0.05, 0.1) is 5.71 Å². The van der Waals surface area contributed by atoms with Crippen LogP contribution in [0.15, 0.2) is 23.4 Å². The number of likely N-dealkylation sites (tertiary alicyclic amines) is 2. The SMILES string of the molecule is CON=C1CC2(CCN(C(=O)C3(F)CCN(CC4CNC4)CC3)CC2)Oc2ccc(F)cc21. The molecule has 0 atom stereocenters. The number of hydrogen-bond acceptors (Lipinski definition) is 6. The molecule has 1 aromatic carbocycles. The van der Waals surface area contributed by atoms with Crippen molar-refractivity contribution in [2.45, 2.75) is 43.4 Å². The van der Waals surface area contributed by atoms with Crippen molar-refractivity contribution < 1.29 is 23.1 Å². The first-order valence-corrected chi connectivity index (χ1v) is 11.9. The summed E-state index contributed by atoms with van der Waals surface area (Å²) < 4.78 is 35.7. The molecule has 3 saturated heterocycles. The molecule has 7 nitrogen and oxygen atoms in total. The molecule has 180 valence electrons. The van der Waals surface area contributed by atoms with Gasteiger partial charge in [-0.2, -0.15) is 0 Å². The fourth-order valence-corrected chi connectivity index (χ4v) is 5.50. The molecular formula is C24H32F2N4O3. The molecule has 3 fully saturated rings. The van der Waals surface area contributed by atoms with Crippen LogP contribution < -0.4 is 10.1 Å². The molecular weight excluding hydrogens is 430 g/mol. The van der Waals surface area contributed by atoms with Crippen LogP contribution in [0, 0.1) is 11.7 Å². The third kappa shape index (κ3) is 4.45. The summed E-state index contributed by atoms with van der Waals surface area (Å²) >= 11 is 0. The molecule has 5 rings (SSSR count). The highest BCUT2D eigenvalue weighted by Gasteiger charge is 2.48. The lowest BCUT2D eigenvalue weighted by molar-refractivity contribution is -0.151. The molecule has 4 aliphatic heterocycles. The normalized spacial score (nSPS) is 25.9. The van der Waals surface area contributed by atoms with E-state index in [2.05, 4.69) is 15.4 Å². The number of fused-ring (bicyclic) bond motifs is 1. The number of nitrogens with zero attached hydrogens (tertiary/aromatic N) is 3. The largest absolute Gasteiger partial charge is 0.486 e. The number of carbonyl (C=O) groups excluding carboxylic acids is 1. The van der Waals surface area contributed by atoms with Crippen molar-refractivity contribution in [1.82, 2.24) is 15.1 Å². The van der Waals surface area contributed by atoms with Crippen LogP contribution in [0.1, 0.15) is 37.7 Å². The van der Waals surface area contributed by atoms with Gasteiger partial charge in [-0.1, -0.05) is 5.16 Å². The van der Waals surface area contributed by atoms with E-state index in [1.807, 2.05) is 0 Å². The number of nitrogens with one attached hydrogen (secondary N) is 1. The highest BCUT2D eigenvalue weighted by atomic mass is 19.1. The van der Waals surface area contributed by atoms with Crippen LogP contribution in [0.5, 0.6) is 5.75 Å². The molecule has 4 aliphatic rings. The predicted octanol–water partition coefficient (Wildman–Crippen LogP) is 2.34. The van der Waals surface area contributed by atoms with E-state index < -0.39 is 11.3 Å². The number of oxime groups is 1. The zero-order valence-corrected chi connectivity index (χ0v) is 19.1. The third-order valence-electron chi connectivity index (χ3n) is 7.65. The van der Waals surface area contributed by atoms with Crippen LogP contribution in [-0.2, 0) is 9.63 Å². The second kappa shape index (κ2) is 8.83. The van der Waals surface area contributed by atoms with Gasteiger partial charge >= 0.3 is 0 Å². The van der Waals surface area contributed by atoms with E-state index in [0.717, 1.165) is 19.6 Å². The molecule has 0 radical (unpaired) electrons. The van der Waals surface area contributed by atoms with Crippen molar-refractivity contribution in [3.63, 3.8) is 0 Å². The van der Waals surface area contributed by atoms with Crippen LogP contribution in [-0.4, -0.2) is 85.6 Å². The van der Waals surface area contributed by atoms with Crippen molar-refractivity contribution in [3.05, 3.63) is 29.6 Å². The Bertz CT molecular complexity index is 920. The quantitative estimate of drug-likeness (QED) is 0.696. The Morgan fingerprint density at radius 3 is 2.58 bits per heavy atom.